The minimum absolute atomic E-state index is 0.0345. The van der Waals surface area contributed by atoms with E-state index in [2.05, 4.69) is 11.8 Å². The van der Waals surface area contributed by atoms with E-state index in [0.717, 1.165) is 0 Å². The number of aromatic hydroxyl groups is 1. The maximum atomic E-state index is 9.48. The molecule has 0 spiro atoms. The fraction of sp³-hybridized carbons (Fsp3) is 0.100. The van der Waals surface area contributed by atoms with Crippen LogP contribution in [-0.2, 0) is 0 Å². The predicted molar refractivity (Wildman–Crippen MR) is 47.1 cm³/mol. The summed E-state index contributed by atoms with van der Waals surface area (Å²) in [6, 6.07) is 6.59. The number of rotatable bonds is 1. The zero-order chi connectivity index (χ0) is 9.68. The lowest BCUT2D eigenvalue weighted by atomic mass is 10.2. The SMILES string of the molecule is COc1cccc(C#CC#N)c1O. The Morgan fingerprint density at radius 2 is 2.23 bits per heavy atom. The van der Waals surface area contributed by atoms with Gasteiger partial charge in [-0.2, -0.15) is 5.26 Å². The summed E-state index contributed by atoms with van der Waals surface area (Å²) < 4.78 is 4.86. The average Bonchev–Trinajstić information content (AvgIpc) is 2.16. The predicted octanol–water partition coefficient (Wildman–Crippen LogP) is 1.28. The van der Waals surface area contributed by atoms with Crippen molar-refractivity contribution >= 4 is 0 Å². The highest BCUT2D eigenvalue weighted by atomic mass is 16.5. The first-order valence-electron chi connectivity index (χ1n) is 3.55. The highest BCUT2D eigenvalue weighted by Gasteiger charge is 2.03. The Morgan fingerprint density at radius 1 is 1.46 bits per heavy atom. The number of methoxy groups -OCH3 is 1. The van der Waals surface area contributed by atoms with Crippen molar-refractivity contribution in [2.75, 3.05) is 7.11 Å². The van der Waals surface area contributed by atoms with Crippen molar-refractivity contribution in [1.29, 1.82) is 5.26 Å². The van der Waals surface area contributed by atoms with E-state index in [1.165, 1.54) is 7.11 Å². The van der Waals surface area contributed by atoms with Gasteiger partial charge in [0.15, 0.2) is 17.6 Å². The summed E-state index contributed by atoms with van der Waals surface area (Å²) in [5.74, 6) is 5.01. The second kappa shape index (κ2) is 4.04. The van der Waals surface area contributed by atoms with E-state index in [9.17, 15) is 5.11 Å². The van der Waals surface area contributed by atoms with Gasteiger partial charge < -0.3 is 9.84 Å². The number of hydrogen-bond acceptors (Lipinski definition) is 3. The second-order valence-electron chi connectivity index (χ2n) is 2.22. The normalized spacial score (nSPS) is 8.00. The first-order chi connectivity index (χ1) is 6.29. The van der Waals surface area contributed by atoms with Crippen LogP contribution < -0.4 is 4.74 Å². The lowest BCUT2D eigenvalue weighted by Gasteiger charge is -2.03. The molecule has 1 aromatic carbocycles. The van der Waals surface area contributed by atoms with E-state index in [1.54, 1.807) is 24.3 Å². The fourth-order valence-corrected chi connectivity index (χ4v) is 0.883. The Hall–Kier alpha value is -2.13. The molecule has 1 N–H and O–H groups in total. The monoisotopic (exact) mass is 173 g/mol. The molecule has 0 aliphatic heterocycles. The van der Waals surface area contributed by atoms with Gasteiger partial charge in [-0.25, -0.2) is 0 Å². The number of ether oxygens (including phenoxy) is 1. The Balaban J connectivity index is 3.17. The molecular formula is C10H7NO2. The average molecular weight is 173 g/mol. The van der Waals surface area contributed by atoms with Gasteiger partial charge in [0.25, 0.3) is 0 Å². The number of benzene rings is 1. The molecule has 0 fully saturated rings. The third kappa shape index (κ3) is 1.91. The third-order valence-electron chi connectivity index (χ3n) is 1.47. The lowest BCUT2D eigenvalue weighted by Crippen LogP contribution is -1.85. The van der Waals surface area contributed by atoms with Gasteiger partial charge in [0, 0.05) is 5.92 Å². The summed E-state index contributed by atoms with van der Waals surface area (Å²) in [6.45, 7) is 0. The minimum Gasteiger partial charge on any atom is -0.503 e. The summed E-state index contributed by atoms with van der Waals surface area (Å²) in [4.78, 5) is 0. The van der Waals surface area contributed by atoms with Crippen LogP contribution in [0.4, 0.5) is 0 Å². The van der Waals surface area contributed by atoms with Crippen LogP contribution in [0.1, 0.15) is 5.56 Å². The van der Waals surface area contributed by atoms with Gasteiger partial charge in [-0.1, -0.05) is 6.07 Å². The molecule has 0 aromatic heterocycles. The lowest BCUT2D eigenvalue weighted by molar-refractivity contribution is 0.373. The summed E-state index contributed by atoms with van der Waals surface area (Å²) in [6.07, 6.45) is 0. The zero-order valence-electron chi connectivity index (χ0n) is 7.03. The molecule has 0 aliphatic carbocycles. The standard InChI is InChI=1S/C10H7NO2/c1-13-9-6-2-4-8(10(9)12)5-3-7-11/h2,4,6,12H,1H3. The van der Waals surface area contributed by atoms with E-state index in [4.69, 9.17) is 10.00 Å². The van der Waals surface area contributed by atoms with Crippen LogP contribution in [0.25, 0.3) is 0 Å². The molecule has 0 amide bonds. The molecule has 0 heterocycles. The van der Waals surface area contributed by atoms with Gasteiger partial charge in [-0.15, -0.1) is 0 Å². The van der Waals surface area contributed by atoms with Gasteiger partial charge in [-0.05, 0) is 18.1 Å². The minimum atomic E-state index is -0.0345. The zero-order valence-corrected chi connectivity index (χ0v) is 7.03. The summed E-state index contributed by atoms with van der Waals surface area (Å²) >= 11 is 0. The number of nitriles is 1. The van der Waals surface area contributed by atoms with Crippen LogP contribution in [0.3, 0.4) is 0 Å². The molecule has 0 atom stereocenters. The molecule has 0 saturated heterocycles. The maximum Gasteiger partial charge on any atom is 0.173 e. The number of phenols is 1. The Kier molecular flexibility index (Phi) is 2.78. The number of nitrogens with zero attached hydrogens (tertiary/aromatic N) is 1. The van der Waals surface area contributed by atoms with E-state index in [-0.39, 0.29) is 5.75 Å². The molecule has 3 heteroatoms. The van der Waals surface area contributed by atoms with Gasteiger partial charge in [0.05, 0.1) is 12.7 Å². The molecule has 0 saturated carbocycles. The van der Waals surface area contributed by atoms with Crippen molar-refractivity contribution in [3.63, 3.8) is 0 Å². The van der Waals surface area contributed by atoms with Crippen LogP contribution in [0.2, 0.25) is 0 Å². The van der Waals surface area contributed by atoms with Gasteiger partial charge in [0.1, 0.15) is 0 Å². The van der Waals surface area contributed by atoms with Crippen molar-refractivity contribution in [3.8, 4) is 29.4 Å². The van der Waals surface area contributed by atoms with E-state index in [0.29, 0.717) is 11.3 Å². The number of hydrogen-bond donors (Lipinski definition) is 1. The summed E-state index contributed by atoms with van der Waals surface area (Å²) in [5, 5.41) is 17.7. The van der Waals surface area contributed by atoms with E-state index >= 15 is 0 Å². The molecule has 3 nitrogen and oxygen atoms in total. The van der Waals surface area contributed by atoms with Crippen molar-refractivity contribution in [2.45, 2.75) is 0 Å². The van der Waals surface area contributed by atoms with Gasteiger partial charge in [0.2, 0.25) is 0 Å². The first-order valence-corrected chi connectivity index (χ1v) is 3.55. The Bertz CT molecular complexity index is 407. The molecule has 1 rings (SSSR count). The van der Waals surface area contributed by atoms with E-state index in [1.807, 2.05) is 0 Å². The van der Waals surface area contributed by atoms with Gasteiger partial charge >= 0.3 is 0 Å². The molecule has 13 heavy (non-hydrogen) atoms. The third-order valence-corrected chi connectivity index (χ3v) is 1.47. The fourth-order valence-electron chi connectivity index (χ4n) is 0.883. The highest BCUT2D eigenvalue weighted by Crippen LogP contribution is 2.28. The molecule has 64 valence electrons. The van der Waals surface area contributed by atoms with Crippen molar-refractivity contribution in [3.05, 3.63) is 23.8 Å². The summed E-state index contributed by atoms with van der Waals surface area (Å²) in [5.41, 5.74) is 0.390. The molecule has 0 unspecified atom stereocenters. The number of phenolic OH excluding ortho intramolecular Hbond substituents is 1. The highest BCUT2D eigenvalue weighted by molar-refractivity contribution is 5.54. The van der Waals surface area contributed by atoms with E-state index < -0.39 is 0 Å². The summed E-state index contributed by atoms with van der Waals surface area (Å²) in [7, 11) is 1.45. The molecule has 0 bridgehead atoms. The van der Waals surface area contributed by atoms with Gasteiger partial charge in [-0.3, -0.25) is 0 Å². The maximum absolute atomic E-state index is 9.48. The van der Waals surface area contributed by atoms with Crippen LogP contribution in [-0.4, -0.2) is 12.2 Å². The first kappa shape index (κ1) is 8.96. The van der Waals surface area contributed by atoms with Crippen molar-refractivity contribution < 1.29 is 9.84 Å². The van der Waals surface area contributed by atoms with Crippen molar-refractivity contribution in [1.82, 2.24) is 0 Å². The van der Waals surface area contributed by atoms with Crippen LogP contribution in [0.5, 0.6) is 11.5 Å². The quantitative estimate of drug-likeness (QED) is 0.651. The van der Waals surface area contributed by atoms with Crippen LogP contribution in [0, 0.1) is 23.2 Å². The Labute approximate surface area is 76.2 Å². The second-order valence-corrected chi connectivity index (χ2v) is 2.22. The largest absolute Gasteiger partial charge is 0.503 e. The number of para-hydroxylation sites is 1. The molecular weight excluding hydrogens is 166 g/mol. The van der Waals surface area contributed by atoms with Crippen LogP contribution >= 0.6 is 0 Å². The molecule has 0 radical (unpaired) electrons. The van der Waals surface area contributed by atoms with Crippen molar-refractivity contribution in [2.24, 2.45) is 0 Å². The van der Waals surface area contributed by atoms with Crippen LogP contribution in [0.15, 0.2) is 18.2 Å². The topological polar surface area (TPSA) is 53.2 Å². The molecule has 1 aromatic rings. The Morgan fingerprint density at radius 3 is 2.85 bits per heavy atom. The molecule has 0 aliphatic rings. The smallest absolute Gasteiger partial charge is 0.173 e.